The van der Waals surface area contributed by atoms with Crippen molar-refractivity contribution in [3.8, 4) is 5.75 Å². The molecule has 2 aromatic rings. The second-order valence-corrected chi connectivity index (χ2v) is 8.21. The van der Waals surface area contributed by atoms with Gasteiger partial charge in [-0.1, -0.05) is 30.3 Å². The minimum absolute atomic E-state index is 0.0171. The van der Waals surface area contributed by atoms with Gasteiger partial charge >= 0.3 is 0 Å². The molecule has 2 aromatic carbocycles. The molecule has 0 aliphatic carbocycles. The van der Waals surface area contributed by atoms with Crippen LogP contribution < -0.4 is 10.1 Å². The van der Waals surface area contributed by atoms with Crippen molar-refractivity contribution in [1.29, 1.82) is 0 Å². The molecule has 0 spiro atoms. The van der Waals surface area contributed by atoms with Crippen LogP contribution in [0.5, 0.6) is 5.75 Å². The molecule has 1 atom stereocenters. The van der Waals surface area contributed by atoms with E-state index in [0.717, 1.165) is 4.90 Å². The second-order valence-electron chi connectivity index (χ2n) is 8.21. The van der Waals surface area contributed by atoms with E-state index in [-0.39, 0.29) is 75.2 Å². The minimum atomic E-state index is -2.35. The third kappa shape index (κ3) is 4.38. The lowest BCUT2D eigenvalue weighted by atomic mass is 10.0. The maximum absolute atomic E-state index is 13.0. The number of morpholine rings is 1. The summed E-state index contributed by atoms with van der Waals surface area (Å²) in [6.45, 7) is -2.34. The van der Waals surface area contributed by atoms with E-state index in [0.29, 0.717) is 22.4 Å². The molecule has 9 heteroatoms. The zero-order valence-electron chi connectivity index (χ0n) is 22.3. The highest BCUT2D eigenvalue weighted by Gasteiger charge is 2.40. The van der Waals surface area contributed by atoms with Gasteiger partial charge in [-0.3, -0.25) is 24.5 Å². The molecule has 0 saturated carbocycles. The van der Waals surface area contributed by atoms with Crippen LogP contribution in [0.15, 0.2) is 42.4 Å². The Hall–Kier alpha value is -3.72. The normalized spacial score (nSPS) is 22.5. The molecule has 3 aliphatic heterocycles. The number of hydrogen-bond donors (Lipinski definition) is 1. The van der Waals surface area contributed by atoms with E-state index in [9.17, 15) is 19.2 Å². The number of benzene rings is 2. The molecular weight excluding hydrogens is 438 g/mol. The average molecular weight is 468 g/mol. The van der Waals surface area contributed by atoms with Crippen LogP contribution in [0.1, 0.15) is 45.4 Å². The molecule has 4 amide bonds. The highest BCUT2D eigenvalue weighted by Crippen LogP contribution is 2.34. The summed E-state index contributed by atoms with van der Waals surface area (Å²) < 4.78 is 44.8. The lowest BCUT2D eigenvalue weighted by Crippen LogP contribution is -2.52. The van der Waals surface area contributed by atoms with Crippen LogP contribution in [-0.2, 0) is 38.8 Å². The van der Waals surface area contributed by atoms with E-state index in [2.05, 4.69) is 5.32 Å². The predicted molar refractivity (Wildman–Crippen MR) is 119 cm³/mol. The smallest absolute Gasteiger partial charge is 0.255 e. The van der Waals surface area contributed by atoms with E-state index < -0.39 is 24.4 Å². The summed E-state index contributed by atoms with van der Waals surface area (Å²) in [6, 6.07) is 6.53. The number of carbonyl (C=O) groups is 4. The number of hydrogen-bond acceptors (Lipinski definition) is 6. The highest BCUT2D eigenvalue weighted by molar-refractivity contribution is 6.05. The number of amides is 4. The molecule has 9 nitrogen and oxygen atoms in total. The van der Waals surface area contributed by atoms with Crippen LogP contribution in [0.4, 0.5) is 0 Å². The van der Waals surface area contributed by atoms with Crippen LogP contribution >= 0.6 is 0 Å². The third-order valence-electron chi connectivity index (χ3n) is 5.97. The number of nitrogens with one attached hydrogen (secondary N) is 1. The second kappa shape index (κ2) is 9.26. The van der Waals surface area contributed by atoms with E-state index in [1.165, 1.54) is 17.0 Å². The zero-order chi connectivity index (χ0) is 27.2. The molecule has 5 rings (SSSR count). The number of imide groups is 1. The Morgan fingerprint density at radius 1 is 1.15 bits per heavy atom. The van der Waals surface area contributed by atoms with Gasteiger partial charge in [0, 0.05) is 30.6 Å². The van der Waals surface area contributed by atoms with E-state index in [1.54, 1.807) is 18.2 Å². The largest absolute Gasteiger partial charge is 0.489 e. The summed E-state index contributed by atoms with van der Waals surface area (Å²) in [7, 11) is 0. The first-order chi connectivity index (χ1) is 18.1. The Kier molecular flexibility index (Phi) is 4.83. The zero-order valence-corrected chi connectivity index (χ0v) is 18.3. The Morgan fingerprint density at radius 2 is 1.97 bits per heavy atom. The summed E-state index contributed by atoms with van der Waals surface area (Å²) >= 11 is 0. The molecule has 2 saturated heterocycles. The molecule has 2 fully saturated rings. The van der Waals surface area contributed by atoms with Crippen LogP contribution in [0.3, 0.4) is 0 Å². The van der Waals surface area contributed by atoms with Crippen molar-refractivity contribution in [1.82, 2.24) is 15.1 Å². The summed E-state index contributed by atoms with van der Waals surface area (Å²) in [5.74, 6) is -1.34. The topological polar surface area (TPSA) is 105 Å². The van der Waals surface area contributed by atoms with Crippen molar-refractivity contribution in [2.24, 2.45) is 0 Å². The number of rotatable bonds is 6. The molecule has 0 aromatic heterocycles. The first kappa shape index (κ1) is 17.7. The first-order valence-electron chi connectivity index (χ1n) is 13.0. The highest BCUT2D eigenvalue weighted by atomic mass is 16.5. The van der Waals surface area contributed by atoms with Gasteiger partial charge in [-0.05, 0) is 29.7 Å². The fourth-order valence-corrected chi connectivity index (χ4v) is 4.19. The third-order valence-corrected chi connectivity index (χ3v) is 5.97. The molecule has 176 valence electrons. The van der Waals surface area contributed by atoms with Crippen molar-refractivity contribution in [3.05, 3.63) is 64.7 Å². The van der Waals surface area contributed by atoms with Crippen LogP contribution in [-0.4, -0.2) is 59.2 Å². The number of nitrogens with zero attached hydrogens (tertiary/aromatic N) is 2. The van der Waals surface area contributed by atoms with Gasteiger partial charge in [0.1, 0.15) is 25.0 Å². The first-order valence-corrected chi connectivity index (χ1v) is 11.0. The van der Waals surface area contributed by atoms with Crippen LogP contribution in [0, 0.1) is 0 Å². The molecule has 34 heavy (non-hydrogen) atoms. The quantitative estimate of drug-likeness (QED) is 0.644. The van der Waals surface area contributed by atoms with Gasteiger partial charge in [-0.25, -0.2) is 0 Å². The minimum Gasteiger partial charge on any atom is -0.489 e. The summed E-state index contributed by atoms with van der Waals surface area (Å²) in [4.78, 5) is 51.4. The van der Waals surface area contributed by atoms with Gasteiger partial charge in [0.05, 0.1) is 18.6 Å². The number of fused-ring (bicyclic) bond motifs is 1. The van der Waals surface area contributed by atoms with Crippen molar-refractivity contribution < 1.29 is 34.1 Å². The Labute approximate surface area is 202 Å². The molecule has 0 radical (unpaired) electrons. The Morgan fingerprint density at radius 3 is 2.74 bits per heavy atom. The Balaban J connectivity index is 1.33. The van der Waals surface area contributed by atoms with Gasteiger partial charge in [0.2, 0.25) is 17.7 Å². The fraction of sp³-hybridized carbons (Fsp3) is 0.360. The standard InChI is InChI=1S/C25H25N3O6/c29-22-9-8-20(24(31)26-22)28-13-19-18(25(28)32)2-1-3-21(19)34-14-17-6-4-16(5-7-17)12-27-10-11-33-15-23(27)30/h1-7,20H,8-15H2,(H,26,29,31)/i4D,5D,12D2. The molecule has 3 aliphatic rings. The number of piperidine rings is 1. The maximum Gasteiger partial charge on any atom is 0.255 e. The lowest BCUT2D eigenvalue weighted by molar-refractivity contribution is -0.143. The SMILES string of the molecule is [2H]c1cc(COc2cccc3c2CN(C2CCC(=O)NC2=O)C3=O)cc([2H])c1C([2H])([2H])N1CCOCC1=O. The molecule has 1 N–H and O–H groups in total. The van der Waals surface area contributed by atoms with E-state index in [4.69, 9.17) is 15.0 Å². The van der Waals surface area contributed by atoms with Crippen LogP contribution in [0.2, 0.25) is 0 Å². The Bertz CT molecular complexity index is 1330. The monoisotopic (exact) mass is 467 g/mol. The molecular formula is C25H25N3O6. The van der Waals surface area contributed by atoms with E-state index >= 15 is 0 Å². The van der Waals surface area contributed by atoms with Gasteiger partial charge < -0.3 is 19.3 Å². The van der Waals surface area contributed by atoms with E-state index in [1.807, 2.05) is 0 Å². The maximum atomic E-state index is 13.0. The van der Waals surface area contributed by atoms with Gasteiger partial charge in [0.25, 0.3) is 5.91 Å². The summed E-state index contributed by atoms with van der Waals surface area (Å²) in [6.07, 6.45) is 0.396. The number of carbonyl (C=O) groups excluding carboxylic acids is 4. The van der Waals surface area contributed by atoms with Crippen molar-refractivity contribution in [2.45, 2.75) is 38.5 Å². The summed E-state index contributed by atoms with van der Waals surface area (Å²) in [5.41, 5.74) is 1.21. The fourth-order valence-electron chi connectivity index (χ4n) is 4.19. The van der Waals surface area contributed by atoms with Gasteiger partial charge in [-0.15, -0.1) is 0 Å². The van der Waals surface area contributed by atoms with Crippen LogP contribution in [0.25, 0.3) is 0 Å². The predicted octanol–water partition coefficient (Wildman–Crippen LogP) is 1.39. The molecule has 3 heterocycles. The van der Waals surface area contributed by atoms with Gasteiger partial charge in [-0.2, -0.15) is 0 Å². The molecule has 1 unspecified atom stereocenters. The van der Waals surface area contributed by atoms with Gasteiger partial charge in [0.15, 0.2) is 0 Å². The lowest BCUT2D eigenvalue weighted by Gasteiger charge is -2.29. The number of ether oxygens (including phenoxy) is 2. The van der Waals surface area contributed by atoms with Crippen molar-refractivity contribution in [2.75, 3.05) is 19.8 Å². The summed E-state index contributed by atoms with van der Waals surface area (Å²) in [5, 5.41) is 2.27. The van der Waals surface area contributed by atoms with Crippen molar-refractivity contribution >= 4 is 23.6 Å². The molecule has 0 bridgehead atoms. The average Bonchev–Trinajstić information content (AvgIpc) is 3.19. The van der Waals surface area contributed by atoms with Crippen molar-refractivity contribution in [3.63, 3.8) is 0 Å².